The fraction of sp³-hybridized carbons (Fsp3) is 0.167. The molecule has 0 heterocycles. The first-order valence-corrected chi connectivity index (χ1v) is 4.94. The van der Waals surface area contributed by atoms with Crippen molar-refractivity contribution in [1.29, 1.82) is 0 Å². The van der Waals surface area contributed by atoms with Crippen LogP contribution in [0, 0.1) is 18.2 Å². The average Bonchev–Trinajstić information content (AvgIpc) is 2.31. The first-order valence-electron chi connectivity index (χ1n) is 4.94. The second kappa shape index (κ2) is 5.68. The number of urea groups is 1. The van der Waals surface area contributed by atoms with Crippen molar-refractivity contribution >= 4 is 17.7 Å². The third-order valence-corrected chi connectivity index (χ3v) is 2.15. The normalized spacial score (nSPS) is 9.39. The number of para-hydroxylation sites is 1. The van der Waals surface area contributed by atoms with Gasteiger partial charge < -0.3 is 15.3 Å². The van der Waals surface area contributed by atoms with Crippen LogP contribution in [0.5, 0.6) is 0 Å². The van der Waals surface area contributed by atoms with Gasteiger partial charge in [0.2, 0.25) is 0 Å². The summed E-state index contributed by atoms with van der Waals surface area (Å²) in [6, 6.07) is 2.82. The molecule has 0 aliphatic rings. The van der Waals surface area contributed by atoms with E-state index in [0.29, 0.717) is 0 Å². The number of aromatic carboxylic acids is 1. The summed E-state index contributed by atoms with van der Waals surface area (Å²) in [5.74, 6) is 0.0900. The van der Waals surface area contributed by atoms with Crippen LogP contribution in [0.15, 0.2) is 18.2 Å². The second-order valence-electron chi connectivity index (χ2n) is 3.46. The molecular formula is C12H11FN2O3. The van der Waals surface area contributed by atoms with Crippen molar-refractivity contribution in [1.82, 2.24) is 4.90 Å². The fourth-order valence-electron chi connectivity index (χ4n) is 1.24. The van der Waals surface area contributed by atoms with Crippen LogP contribution < -0.4 is 5.32 Å². The van der Waals surface area contributed by atoms with Gasteiger partial charge in [-0.2, -0.15) is 0 Å². The average molecular weight is 250 g/mol. The van der Waals surface area contributed by atoms with Gasteiger partial charge in [-0.15, -0.1) is 6.42 Å². The van der Waals surface area contributed by atoms with Gasteiger partial charge in [-0.3, -0.25) is 0 Å². The van der Waals surface area contributed by atoms with Gasteiger partial charge in [0.05, 0.1) is 17.8 Å². The Morgan fingerprint density at radius 2 is 2.22 bits per heavy atom. The number of rotatable bonds is 3. The van der Waals surface area contributed by atoms with Gasteiger partial charge >= 0.3 is 12.0 Å². The van der Waals surface area contributed by atoms with Crippen molar-refractivity contribution in [3.63, 3.8) is 0 Å². The number of hydrogen-bond donors (Lipinski definition) is 2. The van der Waals surface area contributed by atoms with Crippen LogP contribution in [-0.4, -0.2) is 35.6 Å². The Morgan fingerprint density at radius 1 is 1.56 bits per heavy atom. The van der Waals surface area contributed by atoms with Crippen molar-refractivity contribution in [2.24, 2.45) is 0 Å². The number of halogens is 1. The first kappa shape index (κ1) is 13.5. The molecule has 2 N–H and O–H groups in total. The fourth-order valence-corrected chi connectivity index (χ4v) is 1.24. The molecule has 0 aromatic heterocycles. The molecule has 0 fully saturated rings. The summed E-state index contributed by atoms with van der Waals surface area (Å²) in [7, 11) is 1.41. The molecule has 0 saturated carbocycles. The molecule has 0 aliphatic carbocycles. The molecule has 2 amide bonds. The van der Waals surface area contributed by atoms with Crippen molar-refractivity contribution in [2.75, 3.05) is 18.9 Å². The topological polar surface area (TPSA) is 69.6 Å². The third kappa shape index (κ3) is 2.98. The molecule has 1 aromatic rings. The summed E-state index contributed by atoms with van der Waals surface area (Å²) in [5.41, 5.74) is -0.698. The van der Waals surface area contributed by atoms with Gasteiger partial charge in [0, 0.05) is 7.05 Å². The Morgan fingerprint density at radius 3 is 2.78 bits per heavy atom. The summed E-state index contributed by atoms with van der Waals surface area (Å²) in [4.78, 5) is 23.6. The number of terminal acetylenes is 1. The number of amides is 2. The number of hydrogen-bond acceptors (Lipinski definition) is 2. The lowest BCUT2D eigenvalue weighted by Gasteiger charge is -2.16. The quantitative estimate of drug-likeness (QED) is 0.801. The van der Waals surface area contributed by atoms with Crippen LogP contribution in [-0.2, 0) is 0 Å². The molecule has 1 aromatic carbocycles. The van der Waals surface area contributed by atoms with Gasteiger partial charge in [0.25, 0.3) is 0 Å². The summed E-state index contributed by atoms with van der Waals surface area (Å²) < 4.78 is 13.5. The van der Waals surface area contributed by atoms with Gasteiger partial charge in [0.1, 0.15) is 5.82 Å². The Bertz CT molecular complexity index is 523. The molecule has 0 saturated heterocycles. The van der Waals surface area contributed by atoms with Gasteiger partial charge in [-0.25, -0.2) is 14.0 Å². The molecule has 0 bridgehead atoms. The number of carboxylic acid groups (broad SMARTS) is 1. The molecule has 0 aliphatic heterocycles. The SMILES string of the molecule is C#CCN(C)C(=O)Nc1c(F)cccc1C(=O)O. The maximum Gasteiger partial charge on any atom is 0.337 e. The largest absolute Gasteiger partial charge is 0.478 e. The highest BCUT2D eigenvalue weighted by Crippen LogP contribution is 2.20. The highest BCUT2D eigenvalue weighted by molar-refractivity contribution is 6.00. The Hall–Kier alpha value is -2.55. The van der Waals surface area contributed by atoms with E-state index < -0.39 is 17.8 Å². The number of carboxylic acids is 1. The third-order valence-electron chi connectivity index (χ3n) is 2.15. The van der Waals surface area contributed by atoms with E-state index in [4.69, 9.17) is 11.5 Å². The Balaban J connectivity index is 3.01. The van der Waals surface area contributed by atoms with Crippen LogP contribution >= 0.6 is 0 Å². The molecule has 1 rings (SSSR count). The number of benzene rings is 1. The van der Waals surface area contributed by atoms with Gasteiger partial charge in [-0.1, -0.05) is 12.0 Å². The molecule has 0 radical (unpaired) electrons. The molecule has 0 unspecified atom stereocenters. The summed E-state index contributed by atoms with van der Waals surface area (Å²) >= 11 is 0. The zero-order chi connectivity index (χ0) is 13.7. The van der Waals surface area contributed by atoms with E-state index in [1.54, 1.807) is 0 Å². The molecule has 0 atom stereocenters. The monoisotopic (exact) mass is 250 g/mol. The van der Waals surface area contributed by atoms with E-state index in [-0.39, 0.29) is 17.8 Å². The van der Waals surface area contributed by atoms with Crippen molar-refractivity contribution in [3.8, 4) is 12.3 Å². The minimum Gasteiger partial charge on any atom is -0.478 e. The minimum atomic E-state index is -1.33. The molecule has 18 heavy (non-hydrogen) atoms. The highest BCUT2D eigenvalue weighted by Gasteiger charge is 2.17. The first-order chi connectivity index (χ1) is 8.47. The van der Waals surface area contributed by atoms with Gasteiger partial charge in [0.15, 0.2) is 0 Å². The predicted molar refractivity (Wildman–Crippen MR) is 63.8 cm³/mol. The van der Waals surface area contributed by atoms with Crippen LogP contribution in [0.3, 0.4) is 0 Å². The second-order valence-corrected chi connectivity index (χ2v) is 3.46. The van der Waals surface area contributed by atoms with E-state index >= 15 is 0 Å². The van der Waals surface area contributed by atoms with E-state index in [1.807, 2.05) is 0 Å². The zero-order valence-corrected chi connectivity index (χ0v) is 9.61. The van der Waals surface area contributed by atoms with Crippen LogP contribution in [0.1, 0.15) is 10.4 Å². The number of anilines is 1. The molecule has 0 spiro atoms. The van der Waals surface area contributed by atoms with Crippen molar-refractivity contribution in [3.05, 3.63) is 29.6 Å². The summed E-state index contributed by atoms with van der Waals surface area (Å²) in [5, 5.41) is 11.1. The highest BCUT2D eigenvalue weighted by atomic mass is 19.1. The predicted octanol–water partition coefficient (Wildman–Crippen LogP) is 1.62. The van der Waals surface area contributed by atoms with Crippen LogP contribution in [0.2, 0.25) is 0 Å². The van der Waals surface area contributed by atoms with Crippen molar-refractivity contribution < 1.29 is 19.1 Å². The maximum absolute atomic E-state index is 13.5. The number of nitrogens with zero attached hydrogens (tertiary/aromatic N) is 1. The van der Waals surface area contributed by atoms with E-state index in [9.17, 15) is 14.0 Å². The van der Waals surface area contributed by atoms with Crippen LogP contribution in [0.25, 0.3) is 0 Å². The van der Waals surface area contributed by atoms with Crippen LogP contribution in [0.4, 0.5) is 14.9 Å². The van der Waals surface area contributed by atoms with Gasteiger partial charge in [-0.05, 0) is 12.1 Å². The number of nitrogens with one attached hydrogen (secondary N) is 1. The van der Waals surface area contributed by atoms with E-state index in [2.05, 4.69) is 11.2 Å². The molecule has 94 valence electrons. The maximum atomic E-state index is 13.5. The van der Waals surface area contributed by atoms with E-state index in [0.717, 1.165) is 11.0 Å². The Labute approximate surface area is 103 Å². The minimum absolute atomic E-state index is 0.0304. The number of carbonyl (C=O) groups is 2. The molecule has 6 heteroatoms. The smallest absolute Gasteiger partial charge is 0.337 e. The lowest BCUT2D eigenvalue weighted by molar-refractivity contribution is 0.0697. The lowest BCUT2D eigenvalue weighted by Crippen LogP contribution is -2.32. The lowest BCUT2D eigenvalue weighted by atomic mass is 10.1. The summed E-state index contributed by atoms with van der Waals surface area (Å²) in [6.45, 7) is 0.0304. The summed E-state index contributed by atoms with van der Waals surface area (Å²) in [6.07, 6.45) is 5.03. The molecule has 5 nitrogen and oxygen atoms in total. The molecular weight excluding hydrogens is 239 g/mol. The standard InChI is InChI=1S/C12H11FN2O3/c1-3-7-15(2)12(18)14-10-8(11(16)17)5-4-6-9(10)13/h1,4-6H,7H2,2H3,(H,14,18)(H,16,17). The van der Waals surface area contributed by atoms with E-state index in [1.165, 1.54) is 19.2 Å². The number of carbonyl (C=O) groups excluding carboxylic acids is 1. The Kier molecular flexibility index (Phi) is 4.27. The zero-order valence-electron chi connectivity index (χ0n) is 9.61. The van der Waals surface area contributed by atoms with Crippen molar-refractivity contribution in [2.45, 2.75) is 0 Å².